The largest absolute Gasteiger partial charge is 0.444 e. The number of alkyl carbamates (subject to hydrolysis) is 1. The zero-order chi connectivity index (χ0) is 24.5. The first-order valence-corrected chi connectivity index (χ1v) is 10.7. The Morgan fingerprint density at radius 2 is 1.78 bits per heavy atom. The minimum absolute atomic E-state index is 0.0861. The van der Waals surface area contributed by atoms with Crippen molar-refractivity contribution in [2.24, 2.45) is 0 Å². The van der Waals surface area contributed by atoms with Crippen LogP contribution in [-0.2, 0) is 14.3 Å². The van der Waals surface area contributed by atoms with Crippen LogP contribution < -0.4 is 10.6 Å². The molecule has 8 heteroatoms. The molecule has 0 aliphatic heterocycles. The molecule has 3 atom stereocenters. The van der Waals surface area contributed by atoms with Gasteiger partial charge in [0.15, 0.2) is 0 Å². The van der Waals surface area contributed by atoms with Crippen molar-refractivity contribution in [3.63, 3.8) is 0 Å². The zero-order valence-electron chi connectivity index (χ0n) is 19.8. The third-order valence-corrected chi connectivity index (χ3v) is 4.66. The molecule has 0 aromatic heterocycles. The van der Waals surface area contributed by atoms with Crippen molar-refractivity contribution in [2.45, 2.75) is 71.2 Å². The quantitative estimate of drug-likeness (QED) is 0.506. The number of carbonyl (C=O) groups is 3. The maximum Gasteiger partial charge on any atom is 0.408 e. The number of hydrogen-bond donors (Lipinski definition) is 3. The van der Waals surface area contributed by atoms with E-state index in [4.69, 9.17) is 11.2 Å². The summed E-state index contributed by atoms with van der Waals surface area (Å²) in [5.74, 6) is 1.51. The molecule has 1 aromatic carbocycles. The molecule has 1 rings (SSSR count). The fraction of sp³-hybridized carbons (Fsp3) is 0.542. The Morgan fingerprint density at radius 3 is 2.25 bits per heavy atom. The van der Waals surface area contributed by atoms with Gasteiger partial charge in [0.2, 0.25) is 11.8 Å². The Balaban J connectivity index is 3.17. The number of nitrogens with one attached hydrogen (secondary N) is 2. The molecule has 3 unspecified atom stereocenters. The summed E-state index contributed by atoms with van der Waals surface area (Å²) in [7, 11) is 1.45. The van der Waals surface area contributed by atoms with Gasteiger partial charge in [-0.25, -0.2) is 4.79 Å². The highest BCUT2D eigenvalue weighted by molar-refractivity contribution is 5.92. The summed E-state index contributed by atoms with van der Waals surface area (Å²) in [5, 5.41) is 15.0. The summed E-state index contributed by atoms with van der Waals surface area (Å²) in [6.45, 7) is 8.31. The number of aliphatic hydroxyl groups excluding tert-OH is 1. The van der Waals surface area contributed by atoms with Crippen LogP contribution in [0.5, 0.6) is 0 Å². The highest BCUT2D eigenvalue weighted by Crippen LogP contribution is 2.22. The van der Waals surface area contributed by atoms with Crippen LogP contribution in [0.15, 0.2) is 24.3 Å². The molecule has 176 valence electrons. The van der Waals surface area contributed by atoms with Crippen molar-refractivity contribution in [1.82, 2.24) is 15.5 Å². The fourth-order valence-electron chi connectivity index (χ4n) is 3.15. The second kappa shape index (κ2) is 12.1. The van der Waals surface area contributed by atoms with Gasteiger partial charge in [-0.1, -0.05) is 31.4 Å². The van der Waals surface area contributed by atoms with Crippen LogP contribution in [-0.4, -0.2) is 59.3 Å². The summed E-state index contributed by atoms with van der Waals surface area (Å²) >= 11 is 0. The van der Waals surface area contributed by atoms with E-state index < -0.39 is 36.3 Å². The minimum atomic E-state index is -1.27. The lowest BCUT2D eigenvalue weighted by molar-refractivity contribution is -0.141. The van der Waals surface area contributed by atoms with Crippen molar-refractivity contribution in [2.75, 3.05) is 13.7 Å². The average molecular weight is 446 g/mol. The number of rotatable bonds is 9. The molecular weight excluding hydrogens is 410 g/mol. The van der Waals surface area contributed by atoms with Crippen LogP contribution in [0, 0.1) is 12.3 Å². The molecule has 0 aliphatic rings. The molecule has 0 fully saturated rings. The lowest BCUT2D eigenvalue weighted by Crippen LogP contribution is -2.53. The SMILES string of the molecule is C#Cc1ccc(C(C(=O)NC(C)CCC)N(C)C(=O)C(CO)NC(=O)OC(C)(C)C)cc1. The Kier molecular flexibility index (Phi) is 10.2. The Labute approximate surface area is 190 Å². The predicted octanol–water partition coefficient (Wildman–Crippen LogP) is 2.36. The lowest BCUT2D eigenvalue weighted by atomic mass is 10.0. The topological polar surface area (TPSA) is 108 Å². The monoisotopic (exact) mass is 445 g/mol. The van der Waals surface area contributed by atoms with E-state index in [0.29, 0.717) is 11.1 Å². The van der Waals surface area contributed by atoms with Gasteiger partial charge in [-0.15, -0.1) is 6.42 Å². The summed E-state index contributed by atoms with van der Waals surface area (Å²) in [5.41, 5.74) is 0.423. The normalized spacial score (nSPS) is 13.8. The number of hydrogen-bond acceptors (Lipinski definition) is 5. The molecule has 1 aromatic rings. The van der Waals surface area contributed by atoms with E-state index >= 15 is 0 Å². The molecule has 0 saturated carbocycles. The maximum atomic E-state index is 13.1. The van der Waals surface area contributed by atoms with Gasteiger partial charge in [0.05, 0.1) is 6.61 Å². The molecule has 0 spiro atoms. The van der Waals surface area contributed by atoms with Gasteiger partial charge in [0.25, 0.3) is 0 Å². The number of terminal acetylenes is 1. The van der Waals surface area contributed by atoms with E-state index in [1.54, 1.807) is 45.0 Å². The van der Waals surface area contributed by atoms with E-state index in [2.05, 4.69) is 16.6 Å². The van der Waals surface area contributed by atoms with E-state index in [-0.39, 0.29) is 11.9 Å². The van der Waals surface area contributed by atoms with Crippen LogP contribution >= 0.6 is 0 Å². The van der Waals surface area contributed by atoms with E-state index in [1.165, 1.54) is 11.9 Å². The molecule has 0 bridgehead atoms. The van der Waals surface area contributed by atoms with Crippen LogP contribution in [0.4, 0.5) is 4.79 Å². The van der Waals surface area contributed by atoms with Gasteiger partial charge in [0, 0.05) is 18.7 Å². The number of amides is 3. The first kappa shape index (κ1) is 27.0. The van der Waals surface area contributed by atoms with E-state index in [9.17, 15) is 19.5 Å². The first-order valence-electron chi connectivity index (χ1n) is 10.7. The highest BCUT2D eigenvalue weighted by atomic mass is 16.6. The third kappa shape index (κ3) is 8.23. The standard InChI is InChI=1S/C24H35N3O5/c1-8-10-16(3)25-21(29)20(18-13-11-17(9-2)12-14-18)27(7)22(30)19(15-28)26-23(31)32-24(4,5)6/h2,11-14,16,19-20,28H,8,10,15H2,1,3-7H3,(H,25,29)(H,26,31). The van der Waals surface area contributed by atoms with Crippen molar-refractivity contribution < 1.29 is 24.2 Å². The van der Waals surface area contributed by atoms with Crippen LogP contribution in [0.25, 0.3) is 0 Å². The summed E-state index contributed by atoms with van der Waals surface area (Å²) in [6.07, 6.45) is 6.25. The van der Waals surface area contributed by atoms with Gasteiger partial charge in [0.1, 0.15) is 17.7 Å². The van der Waals surface area contributed by atoms with Gasteiger partial charge in [-0.2, -0.15) is 0 Å². The number of aliphatic hydroxyl groups is 1. The van der Waals surface area contributed by atoms with Gasteiger partial charge in [-0.05, 0) is 51.8 Å². The maximum absolute atomic E-state index is 13.1. The molecule has 0 saturated heterocycles. The van der Waals surface area contributed by atoms with Crippen molar-refractivity contribution in [3.8, 4) is 12.3 Å². The molecule has 0 radical (unpaired) electrons. The lowest BCUT2D eigenvalue weighted by Gasteiger charge is -2.31. The molecule has 32 heavy (non-hydrogen) atoms. The molecular formula is C24H35N3O5. The predicted molar refractivity (Wildman–Crippen MR) is 123 cm³/mol. The summed E-state index contributed by atoms with van der Waals surface area (Å²) in [4.78, 5) is 39.6. The zero-order valence-corrected chi connectivity index (χ0v) is 19.8. The van der Waals surface area contributed by atoms with Crippen molar-refractivity contribution in [3.05, 3.63) is 35.4 Å². The van der Waals surface area contributed by atoms with Gasteiger partial charge in [-0.3, -0.25) is 9.59 Å². The number of nitrogens with zero attached hydrogens (tertiary/aromatic N) is 1. The molecule has 3 N–H and O–H groups in total. The molecule has 3 amide bonds. The third-order valence-electron chi connectivity index (χ3n) is 4.66. The van der Waals surface area contributed by atoms with Gasteiger partial charge < -0.3 is 25.4 Å². The van der Waals surface area contributed by atoms with E-state index in [0.717, 1.165) is 12.8 Å². The second-order valence-corrected chi connectivity index (χ2v) is 8.70. The minimum Gasteiger partial charge on any atom is -0.444 e. The Bertz CT molecular complexity index is 824. The number of likely N-dealkylation sites (N-methyl/N-ethyl adjacent to an activating group) is 1. The smallest absolute Gasteiger partial charge is 0.408 e. The Morgan fingerprint density at radius 1 is 1.19 bits per heavy atom. The molecule has 8 nitrogen and oxygen atoms in total. The first-order chi connectivity index (χ1) is 14.9. The summed E-state index contributed by atoms with van der Waals surface area (Å²) in [6, 6.07) is 4.40. The highest BCUT2D eigenvalue weighted by Gasteiger charge is 2.34. The van der Waals surface area contributed by atoms with Crippen molar-refractivity contribution >= 4 is 17.9 Å². The average Bonchev–Trinajstić information content (AvgIpc) is 2.70. The second-order valence-electron chi connectivity index (χ2n) is 8.70. The van der Waals surface area contributed by atoms with Crippen LogP contribution in [0.1, 0.15) is 64.6 Å². The van der Waals surface area contributed by atoms with Crippen LogP contribution in [0.3, 0.4) is 0 Å². The number of benzene rings is 1. The van der Waals surface area contributed by atoms with E-state index in [1.807, 2.05) is 13.8 Å². The molecule has 0 heterocycles. The summed E-state index contributed by atoms with van der Waals surface area (Å²) < 4.78 is 5.17. The number of ether oxygens (including phenoxy) is 1. The van der Waals surface area contributed by atoms with Gasteiger partial charge >= 0.3 is 6.09 Å². The fourth-order valence-corrected chi connectivity index (χ4v) is 3.15. The Hall–Kier alpha value is -3.05. The van der Waals surface area contributed by atoms with Crippen molar-refractivity contribution in [1.29, 1.82) is 0 Å². The molecule has 0 aliphatic carbocycles. The van der Waals surface area contributed by atoms with Crippen LogP contribution in [0.2, 0.25) is 0 Å². The number of carbonyl (C=O) groups excluding carboxylic acids is 3.